The molecule has 182 valence electrons. The van der Waals surface area contributed by atoms with E-state index in [9.17, 15) is 13.2 Å². The molecule has 10 heteroatoms. The maximum atomic E-state index is 13.2. The minimum atomic E-state index is -3.57. The van der Waals surface area contributed by atoms with Gasteiger partial charge in [-0.05, 0) is 48.0 Å². The second kappa shape index (κ2) is 9.73. The fourth-order valence-corrected chi connectivity index (χ4v) is 4.86. The zero-order valence-electron chi connectivity index (χ0n) is 20.2. The lowest BCUT2D eigenvalue weighted by Crippen LogP contribution is -2.43. The summed E-state index contributed by atoms with van der Waals surface area (Å²) in [7, 11) is -5.64. The first-order valence-electron chi connectivity index (χ1n) is 10.8. The number of aromatic nitrogens is 3. The fraction of sp³-hybridized carbons (Fsp3) is 0.375. The topological polar surface area (TPSA) is 91.2 Å². The Labute approximate surface area is 206 Å². The maximum Gasteiger partial charge on any atom is 0.251 e. The fourth-order valence-electron chi connectivity index (χ4n) is 3.14. The van der Waals surface area contributed by atoms with E-state index in [1.165, 1.54) is 12.3 Å². The predicted molar refractivity (Wildman–Crippen MR) is 138 cm³/mol. The van der Waals surface area contributed by atoms with Crippen LogP contribution < -0.4 is 5.56 Å². The molecular weight excluding hydrogens is 490 g/mol. The van der Waals surface area contributed by atoms with Crippen molar-refractivity contribution in [1.82, 2.24) is 14.5 Å². The van der Waals surface area contributed by atoms with Crippen LogP contribution in [-0.2, 0) is 14.3 Å². The second-order valence-electron chi connectivity index (χ2n) is 9.80. The standard InChI is InChI=1S/C24H30ClN3O4SSi/c1-24(2,3)34(5,6)32-16-21(18-8-7-9-19(25)14-18)28-13-11-17(15-22(28)29)20-10-12-26-23(27-20)33(4,30)31/h7-15,21H,16H2,1-6H3. The van der Waals surface area contributed by atoms with Crippen molar-refractivity contribution in [2.45, 2.75) is 50.1 Å². The van der Waals surface area contributed by atoms with E-state index in [4.69, 9.17) is 16.0 Å². The first-order valence-corrected chi connectivity index (χ1v) is 16.0. The number of halogens is 1. The first-order chi connectivity index (χ1) is 15.7. The normalized spacial score (nSPS) is 13.6. The highest BCUT2D eigenvalue weighted by atomic mass is 35.5. The summed E-state index contributed by atoms with van der Waals surface area (Å²) in [5, 5.41) is 0.313. The third kappa shape index (κ3) is 6.01. The van der Waals surface area contributed by atoms with E-state index in [0.717, 1.165) is 11.8 Å². The van der Waals surface area contributed by atoms with Crippen molar-refractivity contribution >= 4 is 29.8 Å². The lowest BCUT2D eigenvalue weighted by Gasteiger charge is -2.37. The van der Waals surface area contributed by atoms with Crippen LogP contribution in [0.1, 0.15) is 32.4 Å². The van der Waals surface area contributed by atoms with E-state index in [0.29, 0.717) is 22.9 Å². The molecule has 0 radical (unpaired) electrons. The summed E-state index contributed by atoms with van der Waals surface area (Å²) in [6.45, 7) is 11.2. The average molecular weight is 520 g/mol. The Balaban J connectivity index is 2.03. The molecule has 0 N–H and O–H groups in total. The van der Waals surface area contributed by atoms with Crippen LogP contribution in [-0.4, -0.2) is 44.1 Å². The van der Waals surface area contributed by atoms with Gasteiger partial charge in [0.15, 0.2) is 8.32 Å². The molecule has 3 rings (SSSR count). The molecule has 0 amide bonds. The zero-order chi connectivity index (χ0) is 25.3. The highest BCUT2D eigenvalue weighted by molar-refractivity contribution is 7.90. The third-order valence-corrected chi connectivity index (χ3v) is 11.8. The van der Waals surface area contributed by atoms with E-state index >= 15 is 0 Å². The molecule has 7 nitrogen and oxygen atoms in total. The number of pyridine rings is 1. The molecule has 0 aliphatic rings. The molecule has 0 fully saturated rings. The van der Waals surface area contributed by atoms with E-state index in [1.807, 2.05) is 18.2 Å². The number of hydrogen-bond acceptors (Lipinski definition) is 6. The predicted octanol–water partition coefficient (Wildman–Crippen LogP) is 4.97. The smallest absolute Gasteiger partial charge is 0.251 e. The summed E-state index contributed by atoms with van der Waals surface area (Å²) in [4.78, 5) is 21.2. The Hall–Kier alpha value is -2.33. The van der Waals surface area contributed by atoms with Crippen LogP contribution in [0.5, 0.6) is 0 Å². The van der Waals surface area contributed by atoms with Gasteiger partial charge in [0.25, 0.3) is 5.56 Å². The van der Waals surface area contributed by atoms with Gasteiger partial charge in [0.1, 0.15) is 0 Å². The number of nitrogens with zero attached hydrogens (tertiary/aromatic N) is 3. The molecule has 2 heterocycles. The van der Waals surface area contributed by atoms with Crippen LogP contribution in [0, 0.1) is 0 Å². The van der Waals surface area contributed by atoms with E-state index in [2.05, 4.69) is 43.8 Å². The lowest BCUT2D eigenvalue weighted by atomic mass is 10.1. The number of sulfone groups is 1. The Morgan fingerprint density at radius 1 is 1.15 bits per heavy atom. The van der Waals surface area contributed by atoms with Crippen molar-refractivity contribution in [3.8, 4) is 11.3 Å². The largest absolute Gasteiger partial charge is 0.414 e. The minimum absolute atomic E-state index is 0.0189. The van der Waals surface area contributed by atoms with Crippen LogP contribution in [0.3, 0.4) is 0 Å². The monoisotopic (exact) mass is 519 g/mol. The van der Waals surface area contributed by atoms with Crippen LogP contribution >= 0.6 is 11.6 Å². The zero-order valence-corrected chi connectivity index (χ0v) is 22.8. The Kier molecular flexibility index (Phi) is 7.52. The molecule has 34 heavy (non-hydrogen) atoms. The maximum absolute atomic E-state index is 13.2. The third-order valence-electron chi connectivity index (χ3n) is 6.19. The van der Waals surface area contributed by atoms with E-state index < -0.39 is 18.2 Å². The molecule has 3 aromatic rings. The van der Waals surface area contributed by atoms with Crippen LogP contribution in [0.4, 0.5) is 0 Å². The summed E-state index contributed by atoms with van der Waals surface area (Å²) in [5.41, 5.74) is 1.46. The van der Waals surface area contributed by atoms with Crippen molar-refractivity contribution in [3.63, 3.8) is 0 Å². The van der Waals surface area contributed by atoms with Crippen molar-refractivity contribution < 1.29 is 12.8 Å². The Morgan fingerprint density at radius 2 is 1.85 bits per heavy atom. The van der Waals surface area contributed by atoms with Crippen molar-refractivity contribution in [1.29, 1.82) is 0 Å². The molecule has 0 spiro atoms. The molecule has 0 aliphatic heterocycles. The molecule has 1 aromatic carbocycles. The quantitative estimate of drug-likeness (QED) is 0.323. The van der Waals surface area contributed by atoms with Gasteiger partial charge in [-0.1, -0.05) is 44.5 Å². The van der Waals surface area contributed by atoms with Gasteiger partial charge in [0.2, 0.25) is 15.0 Å². The average Bonchev–Trinajstić information content (AvgIpc) is 2.73. The van der Waals surface area contributed by atoms with Gasteiger partial charge >= 0.3 is 0 Å². The van der Waals surface area contributed by atoms with Gasteiger partial charge in [-0.15, -0.1) is 0 Å². The molecule has 2 aromatic heterocycles. The molecule has 1 atom stereocenters. The summed E-state index contributed by atoms with van der Waals surface area (Å²) in [6, 6.07) is 11.8. The molecule has 0 bridgehead atoms. The van der Waals surface area contributed by atoms with Gasteiger partial charge in [-0.2, -0.15) is 0 Å². The van der Waals surface area contributed by atoms with Crippen molar-refractivity contribution in [3.05, 3.63) is 75.8 Å². The highest BCUT2D eigenvalue weighted by Crippen LogP contribution is 2.37. The number of rotatable bonds is 7. The summed E-state index contributed by atoms with van der Waals surface area (Å²) >= 11 is 6.25. The lowest BCUT2D eigenvalue weighted by molar-refractivity contribution is 0.246. The minimum Gasteiger partial charge on any atom is -0.414 e. The molecule has 0 saturated heterocycles. The van der Waals surface area contributed by atoms with Crippen molar-refractivity contribution in [2.75, 3.05) is 12.9 Å². The summed E-state index contributed by atoms with van der Waals surface area (Å²) in [6.07, 6.45) is 4.09. The Morgan fingerprint density at radius 3 is 2.44 bits per heavy atom. The van der Waals surface area contributed by atoms with Gasteiger partial charge < -0.3 is 8.99 Å². The van der Waals surface area contributed by atoms with E-state index in [1.54, 1.807) is 29.0 Å². The second-order valence-corrected chi connectivity index (χ2v) is 17.0. The van der Waals surface area contributed by atoms with Gasteiger partial charge in [-0.25, -0.2) is 18.4 Å². The summed E-state index contributed by atoms with van der Waals surface area (Å²) in [5.74, 6) is 0. The molecule has 0 saturated carbocycles. The summed E-state index contributed by atoms with van der Waals surface area (Å²) < 4.78 is 31.7. The van der Waals surface area contributed by atoms with Crippen LogP contribution in [0.2, 0.25) is 23.2 Å². The van der Waals surface area contributed by atoms with Crippen LogP contribution in [0.25, 0.3) is 11.3 Å². The van der Waals surface area contributed by atoms with Gasteiger partial charge in [-0.3, -0.25) is 4.79 Å². The number of hydrogen-bond donors (Lipinski definition) is 0. The molecular formula is C24H30ClN3O4SSi. The van der Waals surface area contributed by atoms with Crippen LogP contribution in [0.15, 0.2) is 64.8 Å². The number of benzene rings is 1. The van der Waals surface area contributed by atoms with Gasteiger partial charge in [0, 0.05) is 35.3 Å². The SMILES string of the molecule is CC(C)(C)[Si](C)(C)OCC(c1cccc(Cl)c1)n1ccc(-c2ccnc(S(C)(=O)=O)n2)cc1=O. The van der Waals surface area contributed by atoms with Gasteiger partial charge in [0.05, 0.1) is 18.3 Å². The first kappa shape index (κ1) is 26.3. The van der Waals surface area contributed by atoms with Crippen molar-refractivity contribution in [2.24, 2.45) is 0 Å². The molecule has 0 aliphatic carbocycles. The van der Waals surface area contributed by atoms with E-state index in [-0.39, 0.29) is 21.8 Å². The highest BCUT2D eigenvalue weighted by Gasteiger charge is 2.38. The Bertz CT molecular complexity index is 1350. The molecule has 1 unspecified atom stereocenters.